The normalized spacial score (nSPS) is 17.1. The Hall–Kier alpha value is -1.06. The molecule has 1 aliphatic rings. The molecule has 0 heterocycles. The van der Waals surface area contributed by atoms with Crippen LogP contribution in [0.2, 0.25) is 0 Å². The van der Waals surface area contributed by atoms with Gasteiger partial charge in [-0.05, 0) is 37.7 Å². The SMILES string of the molecule is Cc1ccc(O)c(CNCC2(CCO)CC2)c1. The molecular formula is C14H21NO2. The third-order valence-corrected chi connectivity index (χ3v) is 3.65. The highest BCUT2D eigenvalue weighted by molar-refractivity contribution is 5.35. The monoisotopic (exact) mass is 235 g/mol. The smallest absolute Gasteiger partial charge is 0.120 e. The Labute approximate surface area is 102 Å². The summed E-state index contributed by atoms with van der Waals surface area (Å²) in [5.74, 6) is 0.357. The lowest BCUT2D eigenvalue weighted by atomic mass is 10.0. The largest absolute Gasteiger partial charge is 0.508 e. The van der Waals surface area contributed by atoms with E-state index in [2.05, 4.69) is 5.32 Å². The van der Waals surface area contributed by atoms with Crippen LogP contribution in [-0.2, 0) is 6.54 Å². The molecule has 17 heavy (non-hydrogen) atoms. The molecule has 0 aliphatic heterocycles. The molecule has 94 valence electrons. The molecular weight excluding hydrogens is 214 g/mol. The van der Waals surface area contributed by atoms with Crippen LogP contribution in [0.5, 0.6) is 5.75 Å². The maximum Gasteiger partial charge on any atom is 0.120 e. The van der Waals surface area contributed by atoms with Crippen LogP contribution in [0.15, 0.2) is 18.2 Å². The van der Waals surface area contributed by atoms with Gasteiger partial charge in [-0.3, -0.25) is 0 Å². The highest BCUT2D eigenvalue weighted by Gasteiger charge is 2.41. The third-order valence-electron chi connectivity index (χ3n) is 3.65. The molecule has 3 N–H and O–H groups in total. The first-order valence-corrected chi connectivity index (χ1v) is 6.25. The predicted octanol–water partition coefficient (Wildman–Crippen LogP) is 1.95. The molecule has 2 rings (SSSR count). The Kier molecular flexibility index (Phi) is 3.69. The van der Waals surface area contributed by atoms with E-state index in [1.54, 1.807) is 6.07 Å². The number of aromatic hydroxyl groups is 1. The van der Waals surface area contributed by atoms with Gasteiger partial charge in [0.1, 0.15) is 5.75 Å². The fourth-order valence-corrected chi connectivity index (χ4v) is 2.25. The molecule has 0 aromatic heterocycles. The van der Waals surface area contributed by atoms with Gasteiger partial charge < -0.3 is 15.5 Å². The molecule has 0 atom stereocenters. The van der Waals surface area contributed by atoms with Crippen molar-refractivity contribution in [2.24, 2.45) is 5.41 Å². The standard InChI is InChI=1S/C14H21NO2/c1-11-2-3-13(17)12(8-11)9-15-10-14(4-5-14)6-7-16/h2-3,8,15-17H,4-7,9-10H2,1H3. The molecule has 3 heteroatoms. The van der Waals surface area contributed by atoms with E-state index in [0.717, 1.165) is 24.1 Å². The van der Waals surface area contributed by atoms with Crippen LogP contribution >= 0.6 is 0 Å². The molecule has 0 bridgehead atoms. The Morgan fingerprint density at radius 3 is 2.76 bits per heavy atom. The summed E-state index contributed by atoms with van der Waals surface area (Å²) in [7, 11) is 0. The minimum atomic E-state index is 0.275. The summed E-state index contributed by atoms with van der Waals surface area (Å²) in [4.78, 5) is 0. The van der Waals surface area contributed by atoms with E-state index in [-0.39, 0.29) is 6.61 Å². The number of benzene rings is 1. The summed E-state index contributed by atoms with van der Waals surface area (Å²) in [6.07, 6.45) is 3.31. The van der Waals surface area contributed by atoms with Crippen molar-refractivity contribution in [2.75, 3.05) is 13.2 Å². The van der Waals surface area contributed by atoms with E-state index in [9.17, 15) is 5.11 Å². The van der Waals surface area contributed by atoms with Gasteiger partial charge in [0.25, 0.3) is 0 Å². The zero-order chi connectivity index (χ0) is 12.3. The molecule has 0 amide bonds. The van der Waals surface area contributed by atoms with Crippen molar-refractivity contribution in [3.63, 3.8) is 0 Å². The maximum atomic E-state index is 9.70. The van der Waals surface area contributed by atoms with Gasteiger partial charge in [-0.1, -0.05) is 17.7 Å². The van der Waals surface area contributed by atoms with Crippen molar-refractivity contribution in [1.82, 2.24) is 5.32 Å². The van der Waals surface area contributed by atoms with E-state index in [1.165, 1.54) is 12.8 Å². The first kappa shape index (κ1) is 12.4. The van der Waals surface area contributed by atoms with Gasteiger partial charge in [0, 0.05) is 25.3 Å². The van der Waals surface area contributed by atoms with E-state index in [4.69, 9.17) is 5.11 Å². The predicted molar refractivity (Wildman–Crippen MR) is 67.9 cm³/mol. The second-order valence-electron chi connectivity index (χ2n) is 5.21. The van der Waals surface area contributed by atoms with E-state index < -0.39 is 0 Å². The van der Waals surface area contributed by atoms with Gasteiger partial charge in [-0.15, -0.1) is 0 Å². The average Bonchev–Trinajstić information content (AvgIpc) is 3.04. The highest BCUT2D eigenvalue weighted by atomic mass is 16.3. The van der Waals surface area contributed by atoms with Crippen molar-refractivity contribution < 1.29 is 10.2 Å². The number of aryl methyl sites for hydroxylation is 1. The van der Waals surface area contributed by atoms with Crippen LogP contribution in [-0.4, -0.2) is 23.4 Å². The fourth-order valence-electron chi connectivity index (χ4n) is 2.25. The van der Waals surface area contributed by atoms with Crippen molar-refractivity contribution in [2.45, 2.75) is 32.7 Å². The lowest BCUT2D eigenvalue weighted by Gasteiger charge is -2.15. The van der Waals surface area contributed by atoms with E-state index in [1.807, 2.05) is 19.1 Å². The van der Waals surface area contributed by atoms with Gasteiger partial charge in [0.15, 0.2) is 0 Å². The zero-order valence-corrected chi connectivity index (χ0v) is 10.4. The molecule has 1 fully saturated rings. The Bertz CT molecular complexity index is 386. The second-order valence-corrected chi connectivity index (χ2v) is 5.21. The molecule has 0 spiro atoms. The zero-order valence-electron chi connectivity index (χ0n) is 10.4. The highest BCUT2D eigenvalue weighted by Crippen LogP contribution is 2.47. The first-order valence-electron chi connectivity index (χ1n) is 6.25. The Balaban J connectivity index is 1.84. The Morgan fingerprint density at radius 2 is 2.12 bits per heavy atom. The van der Waals surface area contributed by atoms with Gasteiger partial charge in [-0.2, -0.15) is 0 Å². The molecule has 1 aromatic rings. The lowest BCUT2D eigenvalue weighted by molar-refractivity contribution is 0.245. The lowest BCUT2D eigenvalue weighted by Crippen LogP contribution is -2.24. The molecule has 1 aliphatic carbocycles. The molecule has 1 aromatic carbocycles. The number of aliphatic hydroxyl groups is 1. The molecule has 3 nitrogen and oxygen atoms in total. The summed E-state index contributed by atoms with van der Waals surface area (Å²) in [5, 5.41) is 22.1. The maximum absolute atomic E-state index is 9.70. The minimum absolute atomic E-state index is 0.275. The van der Waals surface area contributed by atoms with Crippen LogP contribution in [0.3, 0.4) is 0 Å². The quantitative estimate of drug-likeness (QED) is 0.706. The Morgan fingerprint density at radius 1 is 1.35 bits per heavy atom. The summed E-state index contributed by atoms with van der Waals surface area (Å²) >= 11 is 0. The molecule has 0 radical (unpaired) electrons. The van der Waals surface area contributed by atoms with Gasteiger partial charge in [0.05, 0.1) is 0 Å². The van der Waals surface area contributed by atoms with Crippen molar-refractivity contribution >= 4 is 0 Å². The number of hydrogen-bond acceptors (Lipinski definition) is 3. The number of phenolic OH excluding ortho intramolecular Hbond substituents is 1. The van der Waals surface area contributed by atoms with Crippen LogP contribution in [0.4, 0.5) is 0 Å². The van der Waals surface area contributed by atoms with Gasteiger partial charge >= 0.3 is 0 Å². The van der Waals surface area contributed by atoms with Gasteiger partial charge in [-0.25, -0.2) is 0 Å². The third kappa shape index (κ3) is 3.20. The summed E-state index contributed by atoms with van der Waals surface area (Å²) in [6, 6.07) is 5.66. The van der Waals surface area contributed by atoms with Crippen molar-refractivity contribution in [1.29, 1.82) is 0 Å². The van der Waals surface area contributed by atoms with Crippen molar-refractivity contribution in [3.05, 3.63) is 29.3 Å². The van der Waals surface area contributed by atoms with Crippen LogP contribution in [0.1, 0.15) is 30.4 Å². The topological polar surface area (TPSA) is 52.5 Å². The number of nitrogens with one attached hydrogen (secondary N) is 1. The van der Waals surface area contributed by atoms with Crippen LogP contribution in [0.25, 0.3) is 0 Å². The number of aliphatic hydroxyl groups excluding tert-OH is 1. The minimum Gasteiger partial charge on any atom is -0.508 e. The first-order chi connectivity index (χ1) is 8.15. The van der Waals surface area contributed by atoms with Crippen molar-refractivity contribution in [3.8, 4) is 5.75 Å². The fraction of sp³-hybridized carbons (Fsp3) is 0.571. The number of rotatable bonds is 6. The molecule has 0 unspecified atom stereocenters. The summed E-state index contributed by atoms with van der Waals surface area (Å²) in [5.41, 5.74) is 2.44. The number of phenols is 1. The van der Waals surface area contributed by atoms with E-state index in [0.29, 0.717) is 17.7 Å². The summed E-state index contributed by atoms with van der Waals surface area (Å²) < 4.78 is 0. The van der Waals surface area contributed by atoms with Crippen LogP contribution in [0, 0.1) is 12.3 Å². The van der Waals surface area contributed by atoms with E-state index >= 15 is 0 Å². The second kappa shape index (κ2) is 5.07. The summed E-state index contributed by atoms with van der Waals surface area (Å²) in [6.45, 7) is 3.93. The molecule has 0 saturated heterocycles. The average molecular weight is 235 g/mol. The van der Waals surface area contributed by atoms with Gasteiger partial charge in [0.2, 0.25) is 0 Å². The van der Waals surface area contributed by atoms with Crippen LogP contribution < -0.4 is 5.32 Å². The molecule has 1 saturated carbocycles. The number of hydrogen-bond donors (Lipinski definition) is 3.